The van der Waals surface area contributed by atoms with Gasteiger partial charge in [-0.05, 0) is 6.07 Å². The van der Waals surface area contributed by atoms with Crippen molar-refractivity contribution in [3.63, 3.8) is 0 Å². The number of pyridine rings is 1. The standard InChI is InChI=1S/C7H4F3N3O/c8-7(9,10)4-1-3-5(6(14)13-4)12-2-11-3/h1-2H,(H,11,12)(H,13,14). The minimum Gasteiger partial charge on any atom is -0.344 e. The summed E-state index contributed by atoms with van der Waals surface area (Å²) in [5.74, 6) is 0. The Morgan fingerprint density at radius 3 is 2.71 bits per heavy atom. The average molecular weight is 203 g/mol. The van der Waals surface area contributed by atoms with Gasteiger partial charge in [-0.3, -0.25) is 4.79 Å². The zero-order valence-corrected chi connectivity index (χ0v) is 6.64. The summed E-state index contributed by atoms with van der Waals surface area (Å²) in [4.78, 5) is 18.8. The van der Waals surface area contributed by atoms with Crippen molar-refractivity contribution >= 4 is 11.0 Å². The second kappa shape index (κ2) is 2.60. The fourth-order valence-electron chi connectivity index (χ4n) is 1.11. The number of H-pyrrole nitrogens is 2. The van der Waals surface area contributed by atoms with Crippen LogP contribution in [-0.2, 0) is 6.18 Å². The van der Waals surface area contributed by atoms with Gasteiger partial charge >= 0.3 is 6.18 Å². The summed E-state index contributed by atoms with van der Waals surface area (Å²) in [6.07, 6.45) is -3.39. The van der Waals surface area contributed by atoms with Crippen molar-refractivity contribution in [3.05, 3.63) is 28.4 Å². The number of halogens is 3. The quantitative estimate of drug-likeness (QED) is 0.677. The van der Waals surface area contributed by atoms with E-state index in [2.05, 4.69) is 9.97 Å². The first kappa shape index (κ1) is 8.79. The van der Waals surface area contributed by atoms with E-state index < -0.39 is 17.4 Å². The number of imidazole rings is 1. The third-order valence-electron chi connectivity index (χ3n) is 1.73. The van der Waals surface area contributed by atoms with Crippen LogP contribution >= 0.6 is 0 Å². The Balaban J connectivity index is 2.77. The Hall–Kier alpha value is -1.79. The Morgan fingerprint density at radius 2 is 2.07 bits per heavy atom. The van der Waals surface area contributed by atoms with Crippen LogP contribution in [0.15, 0.2) is 17.2 Å². The van der Waals surface area contributed by atoms with E-state index in [1.54, 1.807) is 4.98 Å². The zero-order valence-electron chi connectivity index (χ0n) is 6.64. The van der Waals surface area contributed by atoms with Crippen LogP contribution in [0.25, 0.3) is 11.0 Å². The summed E-state index contributed by atoms with van der Waals surface area (Å²) in [6.45, 7) is 0. The average Bonchev–Trinajstić information content (AvgIpc) is 2.50. The van der Waals surface area contributed by atoms with E-state index >= 15 is 0 Å². The van der Waals surface area contributed by atoms with E-state index in [-0.39, 0.29) is 11.0 Å². The molecule has 0 aromatic carbocycles. The van der Waals surface area contributed by atoms with Gasteiger partial charge in [0.05, 0.1) is 11.8 Å². The largest absolute Gasteiger partial charge is 0.431 e. The Labute approximate surface area is 74.8 Å². The molecule has 2 aromatic heterocycles. The van der Waals surface area contributed by atoms with Gasteiger partial charge in [0.2, 0.25) is 0 Å². The molecule has 2 rings (SSSR count). The minimum atomic E-state index is -4.56. The molecule has 4 nitrogen and oxygen atoms in total. The molecular formula is C7H4F3N3O. The maximum absolute atomic E-state index is 12.2. The lowest BCUT2D eigenvalue weighted by Gasteiger charge is -2.04. The number of aromatic amines is 2. The Kier molecular flexibility index (Phi) is 1.63. The fourth-order valence-corrected chi connectivity index (χ4v) is 1.11. The van der Waals surface area contributed by atoms with Crippen LogP contribution in [0.2, 0.25) is 0 Å². The molecule has 2 aromatic rings. The van der Waals surface area contributed by atoms with Gasteiger partial charge in [0.25, 0.3) is 5.56 Å². The third-order valence-corrected chi connectivity index (χ3v) is 1.73. The smallest absolute Gasteiger partial charge is 0.344 e. The van der Waals surface area contributed by atoms with Crippen LogP contribution in [0.1, 0.15) is 5.69 Å². The van der Waals surface area contributed by atoms with Crippen molar-refractivity contribution < 1.29 is 13.2 Å². The molecule has 0 unspecified atom stereocenters. The van der Waals surface area contributed by atoms with Crippen LogP contribution < -0.4 is 5.56 Å². The highest BCUT2D eigenvalue weighted by Gasteiger charge is 2.32. The molecule has 2 heterocycles. The molecule has 0 atom stereocenters. The van der Waals surface area contributed by atoms with Crippen LogP contribution in [-0.4, -0.2) is 15.0 Å². The van der Waals surface area contributed by atoms with Crippen molar-refractivity contribution in [2.24, 2.45) is 0 Å². The molecule has 0 aliphatic carbocycles. The lowest BCUT2D eigenvalue weighted by molar-refractivity contribution is -0.141. The lowest BCUT2D eigenvalue weighted by atomic mass is 10.3. The van der Waals surface area contributed by atoms with Gasteiger partial charge in [0.15, 0.2) is 5.52 Å². The summed E-state index contributed by atoms with van der Waals surface area (Å²) in [5.41, 5.74) is -1.89. The van der Waals surface area contributed by atoms with Gasteiger partial charge in [-0.1, -0.05) is 0 Å². The number of aromatic nitrogens is 3. The number of rotatable bonds is 0. The van der Waals surface area contributed by atoms with Crippen LogP contribution in [0.5, 0.6) is 0 Å². The van der Waals surface area contributed by atoms with Crippen molar-refractivity contribution in [2.75, 3.05) is 0 Å². The normalized spacial score (nSPS) is 12.2. The minimum absolute atomic E-state index is 0.0296. The molecule has 0 spiro atoms. The summed E-state index contributed by atoms with van der Waals surface area (Å²) < 4.78 is 36.6. The van der Waals surface area contributed by atoms with Gasteiger partial charge in [0.1, 0.15) is 5.69 Å². The number of nitrogens with one attached hydrogen (secondary N) is 2. The maximum Gasteiger partial charge on any atom is 0.431 e. The molecular weight excluding hydrogens is 199 g/mol. The molecule has 0 saturated heterocycles. The first-order chi connectivity index (χ1) is 6.48. The van der Waals surface area contributed by atoms with Gasteiger partial charge in [-0.2, -0.15) is 13.2 Å². The first-order valence-corrected chi connectivity index (χ1v) is 3.62. The SMILES string of the molecule is O=c1[nH]c(C(F)(F)F)cc2[nH]cnc12. The summed E-state index contributed by atoms with van der Waals surface area (Å²) >= 11 is 0. The first-order valence-electron chi connectivity index (χ1n) is 3.62. The maximum atomic E-state index is 12.2. The summed E-state index contributed by atoms with van der Waals surface area (Å²) in [7, 11) is 0. The van der Waals surface area contributed by atoms with Gasteiger partial charge in [0, 0.05) is 0 Å². The molecule has 0 aliphatic rings. The van der Waals surface area contributed by atoms with Crippen LogP contribution in [0, 0.1) is 0 Å². The molecule has 0 amide bonds. The van der Waals surface area contributed by atoms with Gasteiger partial charge in [-0.15, -0.1) is 0 Å². The van der Waals surface area contributed by atoms with Gasteiger partial charge < -0.3 is 9.97 Å². The Bertz CT molecular complexity index is 525. The second-order valence-corrected chi connectivity index (χ2v) is 2.67. The Morgan fingerprint density at radius 1 is 1.36 bits per heavy atom. The second-order valence-electron chi connectivity index (χ2n) is 2.67. The van der Waals surface area contributed by atoms with E-state index in [1.807, 2.05) is 0 Å². The van der Waals surface area contributed by atoms with E-state index in [4.69, 9.17) is 0 Å². The highest BCUT2D eigenvalue weighted by atomic mass is 19.4. The van der Waals surface area contributed by atoms with Gasteiger partial charge in [-0.25, -0.2) is 4.98 Å². The molecule has 0 radical (unpaired) electrons. The number of fused-ring (bicyclic) bond motifs is 1. The van der Waals surface area contributed by atoms with Crippen molar-refractivity contribution in [3.8, 4) is 0 Å². The predicted molar refractivity (Wildman–Crippen MR) is 41.7 cm³/mol. The van der Waals surface area contributed by atoms with Crippen LogP contribution in [0.3, 0.4) is 0 Å². The number of alkyl halides is 3. The molecule has 7 heteroatoms. The molecule has 74 valence electrons. The number of hydrogen-bond donors (Lipinski definition) is 2. The highest BCUT2D eigenvalue weighted by molar-refractivity contribution is 5.73. The van der Waals surface area contributed by atoms with E-state index in [0.717, 1.165) is 6.07 Å². The summed E-state index contributed by atoms with van der Waals surface area (Å²) in [5, 5.41) is 0. The van der Waals surface area contributed by atoms with E-state index in [1.165, 1.54) is 6.33 Å². The third kappa shape index (κ3) is 1.26. The molecule has 0 saturated carbocycles. The molecule has 0 bridgehead atoms. The summed E-state index contributed by atoms with van der Waals surface area (Å²) in [6, 6.07) is 0.809. The molecule has 2 N–H and O–H groups in total. The van der Waals surface area contributed by atoms with Crippen molar-refractivity contribution in [1.82, 2.24) is 15.0 Å². The predicted octanol–water partition coefficient (Wildman–Crippen LogP) is 1.27. The lowest BCUT2D eigenvalue weighted by Crippen LogP contribution is -2.16. The van der Waals surface area contributed by atoms with Crippen LogP contribution in [0.4, 0.5) is 13.2 Å². The number of nitrogens with zero attached hydrogens (tertiary/aromatic N) is 1. The van der Waals surface area contributed by atoms with E-state index in [0.29, 0.717) is 0 Å². The molecule has 0 fully saturated rings. The highest BCUT2D eigenvalue weighted by Crippen LogP contribution is 2.27. The topological polar surface area (TPSA) is 61.5 Å². The van der Waals surface area contributed by atoms with Crippen molar-refractivity contribution in [1.29, 1.82) is 0 Å². The molecule has 0 aliphatic heterocycles. The van der Waals surface area contributed by atoms with E-state index in [9.17, 15) is 18.0 Å². The number of hydrogen-bond acceptors (Lipinski definition) is 2. The molecule has 14 heavy (non-hydrogen) atoms. The zero-order chi connectivity index (χ0) is 10.3. The fraction of sp³-hybridized carbons (Fsp3) is 0.143. The van der Waals surface area contributed by atoms with Crippen molar-refractivity contribution in [2.45, 2.75) is 6.18 Å². The monoisotopic (exact) mass is 203 g/mol.